The Bertz CT molecular complexity index is 1690. The maximum absolute atomic E-state index is 14.2. The molecule has 35 heavy (non-hydrogen) atoms. The predicted molar refractivity (Wildman–Crippen MR) is 130 cm³/mol. The molecule has 0 radical (unpaired) electrons. The van der Waals surface area contributed by atoms with Crippen LogP contribution in [0.5, 0.6) is 0 Å². The molecule has 5 rings (SSSR count). The van der Waals surface area contributed by atoms with Crippen molar-refractivity contribution in [3.8, 4) is 17.0 Å². The summed E-state index contributed by atoms with van der Waals surface area (Å²) in [6.07, 6.45) is 3.43. The van der Waals surface area contributed by atoms with Crippen LogP contribution in [0.25, 0.3) is 29.2 Å². The van der Waals surface area contributed by atoms with Gasteiger partial charge >= 0.3 is 5.97 Å². The van der Waals surface area contributed by atoms with Gasteiger partial charge < -0.3 is 9.52 Å². The quantitative estimate of drug-likeness (QED) is 0.411. The predicted octanol–water partition coefficient (Wildman–Crippen LogP) is 3.92. The van der Waals surface area contributed by atoms with Crippen molar-refractivity contribution in [3.05, 3.63) is 135 Å². The summed E-state index contributed by atoms with van der Waals surface area (Å²) in [5.74, 6) is -0.718. The third-order valence-corrected chi connectivity index (χ3v) is 5.49. The molecule has 0 saturated heterocycles. The third kappa shape index (κ3) is 4.47. The van der Waals surface area contributed by atoms with E-state index in [1.54, 1.807) is 48.5 Å². The Hall–Kier alpha value is -4.91. The van der Waals surface area contributed by atoms with Crippen molar-refractivity contribution in [1.29, 1.82) is 0 Å². The van der Waals surface area contributed by atoms with E-state index in [0.29, 0.717) is 33.3 Å². The molecule has 0 saturated carbocycles. The van der Waals surface area contributed by atoms with Gasteiger partial charge in [0.15, 0.2) is 0 Å². The Balaban J connectivity index is 1.67. The number of benzene rings is 3. The molecule has 0 fully saturated rings. The van der Waals surface area contributed by atoms with Gasteiger partial charge in [0.25, 0.3) is 5.56 Å². The van der Waals surface area contributed by atoms with E-state index in [1.807, 2.05) is 36.4 Å². The molecule has 0 aliphatic heterocycles. The van der Waals surface area contributed by atoms with Crippen LogP contribution in [0.2, 0.25) is 0 Å². The van der Waals surface area contributed by atoms with Gasteiger partial charge in [0.05, 0.1) is 27.4 Å². The SMILES string of the molecule is O=C(O)c1ccc(-n2[nH]c(=Cc3ccccc3)c(=Cc3ccc(-c4ccccc4F)o3)c2=O)cc1. The largest absolute Gasteiger partial charge is 0.478 e. The van der Waals surface area contributed by atoms with Crippen LogP contribution >= 0.6 is 0 Å². The van der Waals surface area contributed by atoms with E-state index in [9.17, 15) is 14.0 Å². The highest BCUT2D eigenvalue weighted by molar-refractivity contribution is 5.87. The Morgan fingerprint density at radius 2 is 1.60 bits per heavy atom. The standard InChI is InChI=1S/C28H19FN2O4/c29-24-9-5-4-8-22(24)26-15-14-21(35-26)17-23-25(16-18-6-2-1-3-7-18)30-31(27(23)32)20-12-10-19(11-13-20)28(33)34/h1-17,30H,(H,33,34). The zero-order chi connectivity index (χ0) is 24.4. The Kier molecular flexibility index (Phi) is 5.73. The van der Waals surface area contributed by atoms with Crippen molar-refractivity contribution in [2.75, 3.05) is 0 Å². The van der Waals surface area contributed by atoms with E-state index >= 15 is 0 Å². The summed E-state index contributed by atoms with van der Waals surface area (Å²) >= 11 is 0. The number of hydrogen-bond acceptors (Lipinski definition) is 3. The molecule has 3 aromatic carbocycles. The first kappa shape index (κ1) is 21.9. The van der Waals surface area contributed by atoms with Gasteiger partial charge in [-0.2, -0.15) is 0 Å². The molecule has 2 heterocycles. The van der Waals surface area contributed by atoms with Gasteiger partial charge in [-0.05, 0) is 66.2 Å². The van der Waals surface area contributed by atoms with Crippen LogP contribution in [-0.2, 0) is 0 Å². The number of H-pyrrole nitrogens is 1. The topological polar surface area (TPSA) is 88.2 Å². The minimum absolute atomic E-state index is 0.118. The average Bonchev–Trinajstić information content (AvgIpc) is 3.45. The molecular weight excluding hydrogens is 447 g/mol. The Morgan fingerprint density at radius 1 is 0.886 bits per heavy atom. The molecule has 172 valence electrons. The number of aromatic carboxylic acids is 1. The molecule has 0 atom stereocenters. The number of nitrogens with zero attached hydrogens (tertiary/aromatic N) is 1. The molecule has 0 amide bonds. The molecule has 5 aromatic rings. The van der Waals surface area contributed by atoms with Gasteiger partial charge in [-0.1, -0.05) is 42.5 Å². The first-order valence-corrected chi connectivity index (χ1v) is 10.8. The lowest BCUT2D eigenvalue weighted by Crippen LogP contribution is -2.34. The second kappa shape index (κ2) is 9.15. The first-order chi connectivity index (χ1) is 17.0. The molecule has 0 bridgehead atoms. The van der Waals surface area contributed by atoms with Gasteiger partial charge in [-0.3, -0.25) is 9.89 Å². The van der Waals surface area contributed by atoms with Crippen LogP contribution in [-0.4, -0.2) is 20.9 Å². The lowest BCUT2D eigenvalue weighted by molar-refractivity contribution is 0.0697. The number of aromatic amines is 1. The normalized spacial score (nSPS) is 12.3. The van der Waals surface area contributed by atoms with Crippen molar-refractivity contribution in [2.45, 2.75) is 0 Å². The number of halogens is 1. The van der Waals surface area contributed by atoms with Gasteiger partial charge in [-0.25, -0.2) is 13.9 Å². The molecule has 0 unspecified atom stereocenters. The molecular formula is C28H19FN2O4. The Labute approximate surface area is 198 Å². The zero-order valence-corrected chi connectivity index (χ0v) is 18.3. The van der Waals surface area contributed by atoms with Crippen LogP contribution in [0.1, 0.15) is 21.7 Å². The van der Waals surface area contributed by atoms with Crippen molar-refractivity contribution in [1.82, 2.24) is 9.78 Å². The molecule has 0 spiro atoms. The summed E-state index contributed by atoms with van der Waals surface area (Å²) in [6, 6.07) is 25.1. The first-order valence-electron chi connectivity index (χ1n) is 10.8. The molecule has 2 aromatic heterocycles. The fraction of sp³-hybridized carbons (Fsp3) is 0. The van der Waals surface area contributed by atoms with Crippen LogP contribution in [0.3, 0.4) is 0 Å². The van der Waals surface area contributed by atoms with Gasteiger partial charge in [0, 0.05) is 0 Å². The van der Waals surface area contributed by atoms with Crippen LogP contribution in [0.15, 0.2) is 100 Å². The van der Waals surface area contributed by atoms with Crippen molar-refractivity contribution in [2.24, 2.45) is 0 Å². The van der Waals surface area contributed by atoms with E-state index in [0.717, 1.165) is 5.56 Å². The fourth-order valence-electron chi connectivity index (χ4n) is 3.75. The summed E-state index contributed by atoms with van der Waals surface area (Å²) in [5.41, 5.74) is 1.46. The van der Waals surface area contributed by atoms with Crippen molar-refractivity contribution < 1.29 is 18.7 Å². The van der Waals surface area contributed by atoms with Crippen LogP contribution < -0.4 is 16.1 Å². The highest BCUT2D eigenvalue weighted by Crippen LogP contribution is 2.24. The van der Waals surface area contributed by atoms with Gasteiger partial charge in [0.1, 0.15) is 17.3 Å². The van der Waals surface area contributed by atoms with E-state index in [4.69, 9.17) is 9.52 Å². The summed E-state index contributed by atoms with van der Waals surface area (Å²) in [4.78, 5) is 24.6. The highest BCUT2D eigenvalue weighted by Gasteiger charge is 2.11. The van der Waals surface area contributed by atoms with E-state index < -0.39 is 11.8 Å². The molecule has 2 N–H and O–H groups in total. The van der Waals surface area contributed by atoms with Crippen LogP contribution in [0, 0.1) is 5.82 Å². The van der Waals surface area contributed by atoms with Crippen LogP contribution in [0.4, 0.5) is 4.39 Å². The van der Waals surface area contributed by atoms with E-state index in [2.05, 4.69) is 5.10 Å². The summed E-state index contributed by atoms with van der Waals surface area (Å²) in [7, 11) is 0. The molecule has 0 aliphatic carbocycles. The smallest absolute Gasteiger partial charge is 0.335 e. The second-order valence-electron chi connectivity index (χ2n) is 7.81. The number of furan rings is 1. The van der Waals surface area contributed by atoms with E-state index in [1.165, 1.54) is 22.9 Å². The molecule has 7 heteroatoms. The lowest BCUT2D eigenvalue weighted by atomic mass is 10.1. The third-order valence-electron chi connectivity index (χ3n) is 5.49. The number of aromatic nitrogens is 2. The average molecular weight is 466 g/mol. The minimum atomic E-state index is -1.05. The monoisotopic (exact) mass is 466 g/mol. The summed E-state index contributed by atoms with van der Waals surface area (Å²) in [5, 5.41) is 13.1. The number of nitrogens with one attached hydrogen (secondary N) is 1. The van der Waals surface area contributed by atoms with Gasteiger partial charge in [0.2, 0.25) is 0 Å². The summed E-state index contributed by atoms with van der Waals surface area (Å²) in [6.45, 7) is 0. The zero-order valence-electron chi connectivity index (χ0n) is 18.3. The van der Waals surface area contributed by atoms with E-state index in [-0.39, 0.29) is 11.1 Å². The fourth-order valence-corrected chi connectivity index (χ4v) is 3.75. The van der Waals surface area contributed by atoms with Crippen molar-refractivity contribution in [3.63, 3.8) is 0 Å². The van der Waals surface area contributed by atoms with Crippen molar-refractivity contribution >= 4 is 18.1 Å². The molecule has 0 aliphatic rings. The highest BCUT2D eigenvalue weighted by atomic mass is 19.1. The van der Waals surface area contributed by atoms with Gasteiger partial charge in [-0.15, -0.1) is 0 Å². The number of hydrogen-bond donors (Lipinski definition) is 2. The maximum Gasteiger partial charge on any atom is 0.335 e. The maximum atomic E-state index is 14.2. The minimum Gasteiger partial charge on any atom is -0.478 e. The number of carboxylic acids is 1. The molecule has 6 nitrogen and oxygen atoms in total. The number of rotatable bonds is 5. The number of carboxylic acid groups (broad SMARTS) is 1. The lowest BCUT2D eigenvalue weighted by Gasteiger charge is -2.01. The summed E-state index contributed by atoms with van der Waals surface area (Å²) < 4.78 is 21.4. The second-order valence-corrected chi connectivity index (χ2v) is 7.81. The Morgan fingerprint density at radius 3 is 2.31 bits per heavy atom. The number of carbonyl (C=O) groups is 1.